The van der Waals surface area contributed by atoms with Gasteiger partial charge in [0, 0.05) is 16.5 Å². The zero-order chi connectivity index (χ0) is 17.3. The van der Waals surface area contributed by atoms with E-state index in [1.54, 1.807) is 19.1 Å². The van der Waals surface area contributed by atoms with Gasteiger partial charge in [-0.3, -0.25) is 14.4 Å². The third kappa shape index (κ3) is 6.24. The van der Waals surface area contributed by atoms with Gasteiger partial charge in [-0.25, -0.2) is 0 Å². The van der Waals surface area contributed by atoms with Crippen molar-refractivity contribution in [1.82, 2.24) is 0 Å². The van der Waals surface area contributed by atoms with Crippen molar-refractivity contribution in [2.75, 3.05) is 0 Å². The highest BCUT2D eigenvalue weighted by Crippen LogP contribution is 2.25. The Morgan fingerprint density at radius 2 is 1.68 bits per heavy atom. The first kappa shape index (κ1) is 20.1. The smallest absolute Gasteiger partial charge is 0.294 e. The number of ketones is 3. The Bertz CT molecular complexity index is 599. The number of benzene rings is 1. The van der Waals surface area contributed by atoms with E-state index < -0.39 is 11.6 Å². The molecule has 0 saturated heterocycles. The van der Waals surface area contributed by atoms with Crippen LogP contribution < -0.4 is 0 Å². The standard InChI is InChI=1S/C15H17BrO3.CO2/c1-4-13(17)15(19)8-14(18)11-6-5-10(16)7-12(11)9(2)3;2-1-3/h5-7,9H,4,8H2,1-3H3;. The van der Waals surface area contributed by atoms with Crippen molar-refractivity contribution in [3.63, 3.8) is 0 Å². The van der Waals surface area contributed by atoms with Crippen LogP contribution in [0.25, 0.3) is 0 Å². The van der Waals surface area contributed by atoms with Crippen molar-refractivity contribution < 1.29 is 24.0 Å². The normalized spacial score (nSPS) is 9.50. The van der Waals surface area contributed by atoms with E-state index in [0.717, 1.165) is 10.0 Å². The third-order valence-corrected chi connectivity index (χ3v) is 3.38. The minimum absolute atomic E-state index is 0.142. The van der Waals surface area contributed by atoms with Crippen molar-refractivity contribution in [3.05, 3.63) is 33.8 Å². The molecule has 0 radical (unpaired) electrons. The van der Waals surface area contributed by atoms with Crippen molar-refractivity contribution in [2.45, 2.75) is 39.5 Å². The largest absolute Gasteiger partial charge is 0.373 e. The Hall–Kier alpha value is -1.91. The zero-order valence-electron chi connectivity index (χ0n) is 12.6. The fraction of sp³-hybridized carbons (Fsp3) is 0.375. The Kier molecular flexibility index (Phi) is 9.06. The van der Waals surface area contributed by atoms with E-state index in [9.17, 15) is 14.4 Å². The van der Waals surface area contributed by atoms with Gasteiger partial charge in [-0.05, 0) is 29.7 Å². The molecule has 0 unspecified atom stereocenters. The number of carbonyl (C=O) groups is 3. The van der Waals surface area contributed by atoms with Gasteiger partial charge in [0.05, 0.1) is 6.42 Å². The van der Waals surface area contributed by atoms with Gasteiger partial charge in [-0.15, -0.1) is 0 Å². The van der Waals surface area contributed by atoms with E-state index in [2.05, 4.69) is 15.9 Å². The summed E-state index contributed by atoms with van der Waals surface area (Å²) in [7, 11) is 0. The van der Waals surface area contributed by atoms with Gasteiger partial charge >= 0.3 is 6.15 Å². The van der Waals surface area contributed by atoms with E-state index >= 15 is 0 Å². The van der Waals surface area contributed by atoms with Crippen LogP contribution in [0.2, 0.25) is 0 Å². The van der Waals surface area contributed by atoms with Crippen LogP contribution >= 0.6 is 15.9 Å². The summed E-state index contributed by atoms with van der Waals surface area (Å²) in [5.41, 5.74) is 1.41. The van der Waals surface area contributed by atoms with Crippen LogP contribution in [0.3, 0.4) is 0 Å². The number of rotatable bonds is 6. The molecule has 0 bridgehead atoms. The van der Waals surface area contributed by atoms with Crippen LogP contribution in [-0.2, 0) is 19.2 Å². The quantitative estimate of drug-likeness (QED) is 0.437. The molecule has 0 aliphatic carbocycles. The monoisotopic (exact) mass is 368 g/mol. The molecule has 0 spiro atoms. The van der Waals surface area contributed by atoms with E-state index in [1.807, 2.05) is 19.9 Å². The third-order valence-electron chi connectivity index (χ3n) is 2.89. The average molecular weight is 369 g/mol. The lowest BCUT2D eigenvalue weighted by Crippen LogP contribution is -2.18. The van der Waals surface area contributed by atoms with Crippen molar-refractivity contribution in [3.8, 4) is 0 Å². The molecule has 0 fully saturated rings. The fourth-order valence-corrected chi connectivity index (χ4v) is 2.18. The van der Waals surface area contributed by atoms with Crippen molar-refractivity contribution in [2.24, 2.45) is 0 Å². The van der Waals surface area contributed by atoms with E-state index in [0.29, 0.717) is 5.56 Å². The second kappa shape index (κ2) is 9.92. The Labute approximate surface area is 137 Å². The summed E-state index contributed by atoms with van der Waals surface area (Å²) >= 11 is 3.37. The molecule has 1 aromatic carbocycles. The lowest BCUT2D eigenvalue weighted by atomic mass is 9.92. The van der Waals surface area contributed by atoms with Crippen LogP contribution in [0.5, 0.6) is 0 Å². The molecule has 0 aromatic heterocycles. The minimum Gasteiger partial charge on any atom is -0.294 e. The van der Waals surface area contributed by atoms with Gasteiger partial charge in [0.1, 0.15) is 0 Å². The van der Waals surface area contributed by atoms with Crippen LogP contribution in [0.1, 0.15) is 55.5 Å². The Morgan fingerprint density at radius 3 is 2.14 bits per heavy atom. The maximum atomic E-state index is 12.1. The zero-order valence-corrected chi connectivity index (χ0v) is 14.2. The van der Waals surface area contributed by atoms with E-state index in [4.69, 9.17) is 9.59 Å². The van der Waals surface area contributed by atoms with Crippen molar-refractivity contribution in [1.29, 1.82) is 0 Å². The summed E-state index contributed by atoms with van der Waals surface area (Å²) in [6, 6.07) is 5.35. The molecule has 0 heterocycles. The number of hydrogen-bond donors (Lipinski definition) is 0. The molecule has 22 heavy (non-hydrogen) atoms. The number of hydrogen-bond acceptors (Lipinski definition) is 5. The molecule has 1 rings (SSSR count). The van der Waals surface area contributed by atoms with Gasteiger partial charge in [0.15, 0.2) is 11.6 Å². The summed E-state index contributed by atoms with van der Waals surface area (Å²) in [6.45, 7) is 5.58. The number of carbonyl (C=O) groups excluding carboxylic acids is 5. The molecule has 118 valence electrons. The van der Waals surface area contributed by atoms with E-state index in [1.165, 1.54) is 0 Å². The van der Waals surface area contributed by atoms with Crippen LogP contribution in [0, 0.1) is 0 Å². The lowest BCUT2D eigenvalue weighted by molar-refractivity contribution is -0.191. The fourth-order valence-electron chi connectivity index (χ4n) is 1.80. The molecule has 1 aromatic rings. The molecule has 0 atom stereocenters. The van der Waals surface area contributed by atoms with E-state index in [-0.39, 0.29) is 30.7 Å². The number of Topliss-reactive ketones (excluding diaryl/α,β-unsaturated/α-hetero) is 3. The first-order chi connectivity index (χ1) is 10.3. The summed E-state index contributed by atoms with van der Waals surface area (Å²) in [5.74, 6) is -1.21. The minimum atomic E-state index is -0.606. The molecule has 0 aliphatic rings. The maximum Gasteiger partial charge on any atom is 0.373 e. The van der Waals surface area contributed by atoms with Crippen LogP contribution in [0.15, 0.2) is 22.7 Å². The highest BCUT2D eigenvalue weighted by molar-refractivity contribution is 9.10. The summed E-state index contributed by atoms with van der Waals surface area (Å²) in [5, 5.41) is 0. The van der Waals surface area contributed by atoms with Gasteiger partial charge in [-0.2, -0.15) is 9.59 Å². The summed E-state index contributed by atoms with van der Waals surface area (Å²) in [6.07, 6.45) is 0.0531. The van der Waals surface area contributed by atoms with Crippen LogP contribution in [0.4, 0.5) is 0 Å². The molecule has 0 aliphatic heterocycles. The van der Waals surface area contributed by atoms with Crippen LogP contribution in [-0.4, -0.2) is 23.5 Å². The summed E-state index contributed by atoms with van der Waals surface area (Å²) < 4.78 is 0.892. The molecular formula is C16H17BrO5. The number of halogens is 1. The maximum absolute atomic E-state index is 12.1. The molecule has 0 saturated carbocycles. The Morgan fingerprint density at radius 1 is 1.14 bits per heavy atom. The Balaban J connectivity index is 0.00000135. The average Bonchev–Trinajstić information content (AvgIpc) is 2.46. The van der Waals surface area contributed by atoms with Crippen molar-refractivity contribution >= 4 is 39.4 Å². The van der Waals surface area contributed by atoms with Gasteiger partial charge in [0.25, 0.3) is 0 Å². The second-order valence-electron chi connectivity index (χ2n) is 4.77. The van der Waals surface area contributed by atoms with Gasteiger partial charge in [-0.1, -0.05) is 36.7 Å². The predicted molar refractivity (Wildman–Crippen MR) is 82.5 cm³/mol. The first-order valence-electron chi connectivity index (χ1n) is 6.66. The second-order valence-corrected chi connectivity index (χ2v) is 5.69. The SMILES string of the molecule is CCC(=O)C(=O)CC(=O)c1ccc(Br)cc1C(C)C.O=C=O. The summed E-state index contributed by atoms with van der Waals surface area (Å²) in [4.78, 5) is 51.1. The molecule has 0 amide bonds. The predicted octanol–water partition coefficient (Wildman–Crippen LogP) is 3.11. The molecule has 0 N–H and O–H groups in total. The lowest BCUT2D eigenvalue weighted by Gasteiger charge is -2.12. The topological polar surface area (TPSA) is 85.3 Å². The highest BCUT2D eigenvalue weighted by atomic mass is 79.9. The molecular weight excluding hydrogens is 352 g/mol. The van der Waals surface area contributed by atoms with Gasteiger partial charge in [0.2, 0.25) is 5.78 Å². The molecule has 5 nitrogen and oxygen atoms in total. The highest BCUT2D eigenvalue weighted by Gasteiger charge is 2.20. The van der Waals surface area contributed by atoms with Gasteiger partial charge < -0.3 is 0 Å². The molecule has 6 heteroatoms. The first-order valence-corrected chi connectivity index (χ1v) is 7.45.